The van der Waals surface area contributed by atoms with Crippen LogP contribution in [0.4, 0.5) is 0 Å². The average molecular weight is 271 g/mol. The first kappa shape index (κ1) is 15.9. The van der Waals surface area contributed by atoms with Crippen molar-refractivity contribution in [3.05, 3.63) is 0 Å². The molecule has 2 atom stereocenters. The van der Waals surface area contributed by atoms with Crippen LogP contribution in [-0.4, -0.2) is 54.1 Å². The topological polar surface area (TPSA) is 95.7 Å². The maximum absolute atomic E-state index is 11.9. The van der Waals surface area contributed by atoms with Crippen LogP contribution in [0.1, 0.15) is 26.7 Å². The Labute approximate surface area is 114 Å². The molecule has 0 aliphatic carbocycles. The van der Waals surface area contributed by atoms with Crippen LogP contribution in [0.5, 0.6) is 0 Å². The summed E-state index contributed by atoms with van der Waals surface area (Å²) in [6.45, 7) is 5.08. The molecule has 1 fully saturated rings. The lowest BCUT2D eigenvalue weighted by Gasteiger charge is -2.32. The standard InChI is InChI=1S/C13H25N3O3/c1-9(2)12(14)13(19)15-6-11(18)16-5-3-4-10(7-16)8-17/h9-10,12,17H,3-8,14H2,1-2H3,(H,15,19)/t10?,12-/m0/s1. The van der Waals surface area contributed by atoms with E-state index in [1.54, 1.807) is 4.90 Å². The Hall–Kier alpha value is -1.14. The van der Waals surface area contributed by atoms with Gasteiger partial charge >= 0.3 is 0 Å². The number of carbonyl (C=O) groups excluding carboxylic acids is 2. The largest absolute Gasteiger partial charge is 0.396 e. The predicted molar refractivity (Wildman–Crippen MR) is 72.2 cm³/mol. The van der Waals surface area contributed by atoms with Crippen molar-refractivity contribution in [3.8, 4) is 0 Å². The van der Waals surface area contributed by atoms with E-state index in [1.807, 2.05) is 13.8 Å². The van der Waals surface area contributed by atoms with Crippen molar-refractivity contribution in [2.75, 3.05) is 26.2 Å². The highest BCUT2D eigenvalue weighted by Gasteiger charge is 2.24. The molecule has 1 saturated heterocycles. The van der Waals surface area contributed by atoms with Gasteiger partial charge in [0.2, 0.25) is 11.8 Å². The molecule has 2 amide bonds. The number of amides is 2. The molecular weight excluding hydrogens is 246 g/mol. The van der Waals surface area contributed by atoms with Crippen LogP contribution >= 0.6 is 0 Å². The van der Waals surface area contributed by atoms with Gasteiger partial charge in [-0.2, -0.15) is 0 Å². The summed E-state index contributed by atoms with van der Waals surface area (Å²) < 4.78 is 0. The third-order valence-corrected chi connectivity index (χ3v) is 3.56. The van der Waals surface area contributed by atoms with Crippen molar-refractivity contribution < 1.29 is 14.7 Å². The number of aliphatic hydroxyl groups is 1. The van der Waals surface area contributed by atoms with Gasteiger partial charge in [-0.25, -0.2) is 0 Å². The second-order valence-electron chi connectivity index (χ2n) is 5.52. The fourth-order valence-corrected chi connectivity index (χ4v) is 2.14. The minimum Gasteiger partial charge on any atom is -0.396 e. The number of rotatable bonds is 5. The van der Waals surface area contributed by atoms with E-state index in [1.165, 1.54) is 0 Å². The van der Waals surface area contributed by atoms with Crippen LogP contribution in [0.3, 0.4) is 0 Å². The van der Waals surface area contributed by atoms with E-state index in [4.69, 9.17) is 10.8 Å². The van der Waals surface area contributed by atoms with Gasteiger partial charge in [0.15, 0.2) is 0 Å². The first-order valence-electron chi connectivity index (χ1n) is 6.87. The fraction of sp³-hybridized carbons (Fsp3) is 0.846. The summed E-state index contributed by atoms with van der Waals surface area (Å²) >= 11 is 0. The Balaban J connectivity index is 2.36. The third kappa shape index (κ3) is 4.80. The molecule has 0 aromatic carbocycles. The van der Waals surface area contributed by atoms with E-state index in [9.17, 15) is 9.59 Å². The summed E-state index contributed by atoms with van der Waals surface area (Å²) in [5.41, 5.74) is 5.70. The number of carbonyl (C=O) groups is 2. The van der Waals surface area contributed by atoms with Crippen molar-refractivity contribution in [2.24, 2.45) is 17.6 Å². The van der Waals surface area contributed by atoms with Crippen LogP contribution < -0.4 is 11.1 Å². The molecule has 6 heteroatoms. The summed E-state index contributed by atoms with van der Waals surface area (Å²) in [5, 5.41) is 11.7. The van der Waals surface area contributed by atoms with Gasteiger partial charge in [-0.15, -0.1) is 0 Å². The van der Waals surface area contributed by atoms with Crippen LogP contribution in [0.2, 0.25) is 0 Å². The molecule has 0 aromatic rings. The number of aliphatic hydroxyl groups excluding tert-OH is 1. The summed E-state index contributed by atoms with van der Waals surface area (Å²) in [7, 11) is 0. The third-order valence-electron chi connectivity index (χ3n) is 3.56. The molecule has 1 aliphatic rings. The number of nitrogens with two attached hydrogens (primary N) is 1. The van der Waals surface area contributed by atoms with Gasteiger partial charge in [-0.1, -0.05) is 13.8 Å². The van der Waals surface area contributed by atoms with Gasteiger partial charge in [0, 0.05) is 19.7 Å². The molecule has 1 unspecified atom stereocenters. The molecule has 1 heterocycles. The maximum atomic E-state index is 11.9. The number of likely N-dealkylation sites (tertiary alicyclic amines) is 1. The maximum Gasteiger partial charge on any atom is 0.241 e. The van der Waals surface area contributed by atoms with Gasteiger partial charge in [0.1, 0.15) is 0 Å². The second kappa shape index (κ2) is 7.45. The lowest BCUT2D eigenvalue weighted by Crippen LogP contribution is -2.49. The normalized spacial score (nSPS) is 21.3. The van der Waals surface area contributed by atoms with E-state index < -0.39 is 6.04 Å². The minimum atomic E-state index is -0.584. The molecule has 0 bridgehead atoms. The van der Waals surface area contributed by atoms with Crippen LogP contribution in [-0.2, 0) is 9.59 Å². The van der Waals surface area contributed by atoms with Gasteiger partial charge in [0.05, 0.1) is 12.6 Å². The summed E-state index contributed by atoms with van der Waals surface area (Å²) in [4.78, 5) is 25.3. The van der Waals surface area contributed by atoms with Crippen molar-refractivity contribution in [2.45, 2.75) is 32.7 Å². The lowest BCUT2D eigenvalue weighted by atomic mass is 9.99. The number of hydrogen-bond acceptors (Lipinski definition) is 4. The number of hydrogen-bond donors (Lipinski definition) is 3. The minimum absolute atomic E-state index is 0.0165. The molecule has 0 saturated carbocycles. The Morgan fingerprint density at radius 2 is 2.16 bits per heavy atom. The van der Waals surface area contributed by atoms with Crippen LogP contribution in [0.15, 0.2) is 0 Å². The molecule has 1 aliphatic heterocycles. The Morgan fingerprint density at radius 1 is 1.47 bits per heavy atom. The lowest BCUT2D eigenvalue weighted by molar-refractivity contribution is -0.135. The van der Waals surface area contributed by atoms with Gasteiger partial charge in [0.25, 0.3) is 0 Å². The average Bonchev–Trinajstić information content (AvgIpc) is 2.43. The molecular formula is C13H25N3O3. The highest BCUT2D eigenvalue weighted by Crippen LogP contribution is 2.15. The van der Waals surface area contributed by atoms with Gasteiger partial charge < -0.3 is 21.1 Å². The quantitative estimate of drug-likeness (QED) is 0.617. The van der Waals surface area contributed by atoms with Crippen molar-refractivity contribution in [1.82, 2.24) is 10.2 Å². The highest BCUT2D eigenvalue weighted by atomic mass is 16.3. The molecule has 0 spiro atoms. The van der Waals surface area contributed by atoms with E-state index in [0.29, 0.717) is 13.1 Å². The molecule has 0 aromatic heterocycles. The van der Waals surface area contributed by atoms with Crippen molar-refractivity contribution in [3.63, 3.8) is 0 Å². The summed E-state index contributed by atoms with van der Waals surface area (Å²) in [5.74, 6) is -0.197. The van der Waals surface area contributed by atoms with Crippen LogP contribution in [0, 0.1) is 11.8 Å². The van der Waals surface area contributed by atoms with E-state index in [-0.39, 0.29) is 36.8 Å². The molecule has 0 radical (unpaired) electrons. The van der Waals surface area contributed by atoms with Crippen molar-refractivity contribution >= 4 is 11.8 Å². The molecule has 1 rings (SSSR count). The molecule has 6 nitrogen and oxygen atoms in total. The zero-order valence-electron chi connectivity index (χ0n) is 11.8. The van der Waals surface area contributed by atoms with E-state index >= 15 is 0 Å². The first-order chi connectivity index (χ1) is 8.95. The molecule has 110 valence electrons. The predicted octanol–water partition coefficient (Wildman–Crippen LogP) is -0.683. The molecule has 19 heavy (non-hydrogen) atoms. The smallest absolute Gasteiger partial charge is 0.241 e. The van der Waals surface area contributed by atoms with Crippen molar-refractivity contribution in [1.29, 1.82) is 0 Å². The molecule has 4 N–H and O–H groups in total. The van der Waals surface area contributed by atoms with Crippen LogP contribution in [0.25, 0.3) is 0 Å². The summed E-state index contributed by atoms with van der Waals surface area (Å²) in [6.07, 6.45) is 1.85. The van der Waals surface area contributed by atoms with E-state index in [2.05, 4.69) is 5.32 Å². The summed E-state index contributed by atoms with van der Waals surface area (Å²) in [6, 6.07) is -0.584. The number of nitrogens with one attached hydrogen (secondary N) is 1. The number of piperidine rings is 1. The zero-order chi connectivity index (χ0) is 14.4. The zero-order valence-corrected chi connectivity index (χ0v) is 11.8. The van der Waals surface area contributed by atoms with Gasteiger partial charge in [-0.3, -0.25) is 9.59 Å². The highest BCUT2D eigenvalue weighted by molar-refractivity contribution is 5.87. The Kier molecular flexibility index (Phi) is 6.24. The SMILES string of the molecule is CC(C)[C@H](N)C(=O)NCC(=O)N1CCCC(CO)C1. The first-order valence-corrected chi connectivity index (χ1v) is 6.87. The Bertz CT molecular complexity index is 320. The fourth-order valence-electron chi connectivity index (χ4n) is 2.14. The number of nitrogens with zero attached hydrogens (tertiary/aromatic N) is 1. The second-order valence-corrected chi connectivity index (χ2v) is 5.52. The van der Waals surface area contributed by atoms with E-state index in [0.717, 1.165) is 12.8 Å². The Morgan fingerprint density at radius 3 is 2.74 bits per heavy atom. The van der Waals surface area contributed by atoms with Gasteiger partial charge in [-0.05, 0) is 24.7 Å². The monoisotopic (exact) mass is 271 g/mol.